The molecule has 0 radical (unpaired) electrons. The minimum absolute atomic E-state index is 0.0150. The first-order chi connectivity index (χ1) is 14.1. The maximum absolute atomic E-state index is 13.0. The Bertz CT molecular complexity index is 865. The Kier molecular flexibility index (Phi) is 5.64. The summed E-state index contributed by atoms with van der Waals surface area (Å²) in [6.07, 6.45) is 2.46. The third-order valence-corrected chi connectivity index (χ3v) is 5.61. The summed E-state index contributed by atoms with van der Waals surface area (Å²) in [7, 11) is 0. The van der Waals surface area contributed by atoms with Crippen LogP contribution in [0.3, 0.4) is 0 Å². The van der Waals surface area contributed by atoms with Gasteiger partial charge in [-0.2, -0.15) is 0 Å². The molecule has 2 aliphatic heterocycles. The molecule has 1 aromatic carbocycles. The van der Waals surface area contributed by atoms with Crippen LogP contribution < -0.4 is 0 Å². The first kappa shape index (κ1) is 19.2. The summed E-state index contributed by atoms with van der Waals surface area (Å²) in [6.45, 7) is 3.14. The van der Waals surface area contributed by atoms with Crippen LogP contribution in [-0.4, -0.2) is 65.1 Å². The molecular weight excluding hydrogens is 370 g/mol. The van der Waals surface area contributed by atoms with Crippen LogP contribution in [-0.2, 0) is 16.1 Å². The van der Waals surface area contributed by atoms with Gasteiger partial charge in [0.15, 0.2) is 5.76 Å². The minimum Gasteiger partial charge on any atom is -0.459 e. The van der Waals surface area contributed by atoms with Gasteiger partial charge in [-0.25, -0.2) is 0 Å². The van der Waals surface area contributed by atoms with Crippen LogP contribution in [0.15, 0.2) is 53.1 Å². The predicted octanol–water partition coefficient (Wildman–Crippen LogP) is 2.00. The maximum atomic E-state index is 13.0. The lowest BCUT2D eigenvalue weighted by Gasteiger charge is -2.24. The van der Waals surface area contributed by atoms with Crippen molar-refractivity contribution in [3.05, 3.63) is 60.1 Å². The predicted molar refractivity (Wildman–Crippen MR) is 106 cm³/mol. The van der Waals surface area contributed by atoms with E-state index in [1.54, 1.807) is 26.8 Å². The maximum Gasteiger partial charge on any atom is 0.289 e. The van der Waals surface area contributed by atoms with Crippen LogP contribution in [0.1, 0.15) is 29.0 Å². The quantitative estimate of drug-likeness (QED) is 0.794. The smallest absolute Gasteiger partial charge is 0.289 e. The highest BCUT2D eigenvalue weighted by atomic mass is 16.3. The molecule has 2 fully saturated rings. The van der Waals surface area contributed by atoms with Gasteiger partial charge in [0.25, 0.3) is 5.91 Å². The van der Waals surface area contributed by atoms with Gasteiger partial charge in [-0.05, 0) is 24.1 Å². The molecule has 1 atom stereocenters. The van der Waals surface area contributed by atoms with Crippen molar-refractivity contribution in [1.82, 2.24) is 14.7 Å². The summed E-state index contributed by atoms with van der Waals surface area (Å²) >= 11 is 0. The molecule has 7 heteroatoms. The van der Waals surface area contributed by atoms with E-state index in [4.69, 9.17) is 4.42 Å². The highest BCUT2D eigenvalue weighted by Crippen LogP contribution is 2.23. The third-order valence-electron chi connectivity index (χ3n) is 5.61. The molecular formula is C22H25N3O4. The molecule has 7 nitrogen and oxygen atoms in total. The first-order valence-electron chi connectivity index (χ1n) is 10.0. The van der Waals surface area contributed by atoms with E-state index < -0.39 is 0 Å². The van der Waals surface area contributed by atoms with Gasteiger partial charge in [-0.3, -0.25) is 14.4 Å². The molecule has 1 unspecified atom stereocenters. The van der Waals surface area contributed by atoms with Crippen LogP contribution in [0.5, 0.6) is 0 Å². The van der Waals surface area contributed by atoms with Crippen molar-refractivity contribution in [1.29, 1.82) is 0 Å². The zero-order valence-electron chi connectivity index (χ0n) is 16.3. The van der Waals surface area contributed by atoms with Crippen LogP contribution in [0.2, 0.25) is 0 Å². The number of rotatable bonds is 4. The SMILES string of the molecule is O=C1CC(C(=O)N2CCCN(C(=O)c3ccco3)CC2)CN1Cc1ccccc1. The molecule has 3 amide bonds. The Morgan fingerprint density at radius 1 is 0.966 bits per heavy atom. The zero-order valence-corrected chi connectivity index (χ0v) is 16.3. The second-order valence-electron chi connectivity index (χ2n) is 7.61. The number of likely N-dealkylation sites (tertiary alicyclic amines) is 1. The third kappa shape index (κ3) is 4.34. The zero-order chi connectivity index (χ0) is 20.2. The van der Waals surface area contributed by atoms with Gasteiger partial charge >= 0.3 is 0 Å². The standard InChI is InChI=1S/C22H25N3O4/c26-20-14-18(16-25(20)15-17-6-2-1-3-7-17)21(27)23-9-5-10-24(12-11-23)22(28)19-8-4-13-29-19/h1-4,6-8,13,18H,5,9-12,14-16H2. The molecule has 2 saturated heterocycles. The second kappa shape index (κ2) is 8.51. The van der Waals surface area contributed by atoms with Gasteiger partial charge in [0, 0.05) is 45.7 Å². The Balaban J connectivity index is 1.34. The molecule has 0 aliphatic carbocycles. The molecule has 4 rings (SSSR count). The van der Waals surface area contributed by atoms with Crippen LogP contribution in [0.4, 0.5) is 0 Å². The fourth-order valence-electron chi connectivity index (χ4n) is 4.05. The molecule has 3 heterocycles. The summed E-state index contributed by atoms with van der Waals surface area (Å²) in [6, 6.07) is 13.2. The van der Waals surface area contributed by atoms with Crippen molar-refractivity contribution in [2.24, 2.45) is 5.92 Å². The van der Waals surface area contributed by atoms with E-state index in [0.717, 1.165) is 5.56 Å². The number of amides is 3. The molecule has 2 aliphatic rings. The van der Waals surface area contributed by atoms with Crippen molar-refractivity contribution in [2.45, 2.75) is 19.4 Å². The van der Waals surface area contributed by atoms with Crippen molar-refractivity contribution in [3.63, 3.8) is 0 Å². The van der Waals surface area contributed by atoms with Gasteiger partial charge in [-0.1, -0.05) is 30.3 Å². The Hall–Kier alpha value is -3.09. The number of furan rings is 1. The topological polar surface area (TPSA) is 74.1 Å². The highest BCUT2D eigenvalue weighted by Gasteiger charge is 2.37. The number of carbonyl (C=O) groups excluding carboxylic acids is 3. The van der Waals surface area contributed by atoms with Gasteiger partial charge in [-0.15, -0.1) is 0 Å². The van der Waals surface area contributed by atoms with Gasteiger partial charge in [0.2, 0.25) is 11.8 Å². The van der Waals surface area contributed by atoms with E-state index in [1.807, 2.05) is 30.3 Å². The monoisotopic (exact) mass is 395 g/mol. The van der Waals surface area contributed by atoms with Crippen LogP contribution in [0, 0.1) is 5.92 Å². The molecule has 0 saturated carbocycles. The summed E-state index contributed by atoms with van der Waals surface area (Å²) in [5.41, 5.74) is 1.07. The second-order valence-corrected chi connectivity index (χ2v) is 7.61. The average Bonchev–Trinajstić information content (AvgIpc) is 3.32. The van der Waals surface area contributed by atoms with E-state index in [1.165, 1.54) is 6.26 Å². The summed E-state index contributed by atoms with van der Waals surface area (Å²) in [5, 5.41) is 0. The first-order valence-corrected chi connectivity index (χ1v) is 10.0. The number of hydrogen-bond acceptors (Lipinski definition) is 4. The lowest BCUT2D eigenvalue weighted by Crippen LogP contribution is -2.40. The number of nitrogens with zero attached hydrogens (tertiary/aromatic N) is 3. The fraction of sp³-hybridized carbons (Fsp3) is 0.409. The van der Waals surface area contributed by atoms with Gasteiger partial charge in [0.05, 0.1) is 12.2 Å². The summed E-state index contributed by atoms with van der Waals surface area (Å²) in [4.78, 5) is 43.2. The van der Waals surface area contributed by atoms with Crippen molar-refractivity contribution in [3.8, 4) is 0 Å². The van der Waals surface area contributed by atoms with Crippen LogP contribution >= 0.6 is 0 Å². The lowest BCUT2D eigenvalue weighted by atomic mass is 10.1. The summed E-state index contributed by atoms with van der Waals surface area (Å²) < 4.78 is 5.20. The van der Waals surface area contributed by atoms with Crippen LogP contribution in [0.25, 0.3) is 0 Å². The van der Waals surface area contributed by atoms with E-state index in [2.05, 4.69) is 0 Å². The fourth-order valence-corrected chi connectivity index (χ4v) is 4.05. The largest absolute Gasteiger partial charge is 0.459 e. The minimum atomic E-state index is -0.307. The molecule has 0 N–H and O–H groups in total. The van der Waals surface area contributed by atoms with E-state index in [0.29, 0.717) is 51.4 Å². The van der Waals surface area contributed by atoms with E-state index in [-0.39, 0.29) is 30.1 Å². The normalized spacial score (nSPS) is 20.1. The number of carbonyl (C=O) groups is 3. The average molecular weight is 395 g/mol. The Labute approximate surface area is 169 Å². The number of hydrogen-bond donors (Lipinski definition) is 0. The van der Waals surface area contributed by atoms with E-state index in [9.17, 15) is 14.4 Å². The Morgan fingerprint density at radius 3 is 2.48 bits per heavy atom. The summed E-state index contributed by atoms with van der Waals surface area (Å²) in [5.74, 6) is -0.0894. The lowest BCUT2D eigenvalue weighted by molar-refractivity contribution is -0.135. The van der Waals surface area contributed by atoms with Crippen molar-refractivity contribution >= 4 is 17.7 Å². The number of benzene rings is 1. The van der Waals surface area contributed by atoms with Crippen molar-refractivity contribution < 1.29 is 18.8 Å². The van der Waals surface area contributed by atoms with Gasteiger partial charge in [0.1, 0.15) is 0 Å². The molecule has 1 aromatic heterocycles. The highest BCUT2D eigenvalue weighted by molar-refractivity contribution is 5.92. The molecule has 0 spiro atoms. The molecule has 29 heavy (non-hydrogen) atoms. The van der Waals surface area contributed by atoms with E-state index >= 15 is 0 Å². The van der Waals surface area contributed by atoms with Crippen molar-refractivity contribution in [2.75, 3.05) is 32.7 Å². The van der Waals surface area contributed by atoms with Gasteiger partial charge < -0.3 is 19.1 Å². The molecule has 2 aromatic rings. The molecule has 152 valence electrons. The molecule has 0 bridgehead atoms. The Morgan fingerprint density at radius 2 is 1.72 bits per heavy atom.